The van der Waals surface area contributed by atoms with Crippen LogP contribution in [0.5, 0.6) is 0 Å². The summed E-state index contributed by atoms with van der Waals surface area (Å²) in [5.41, 5.74) is 0. The second kappa shape index (κ2) is 3.73. The van der Waals surface area contributed by atoms with Gasteiger partial charge in [-0.3, -0.25) is 5.01 Å². The van der Waals surface area contributed by atoms with Crippen molar-refractivity contribution in [3.8, 4) is 0 Å². The van der Waals surface area contributed by atoms with Gasteiger partial charge in [0.05, 0.1) is 0 Å². The first-order valence-corrected chi connectivity index (χ1v) is 4.43. The predicted octanol–water partition coefficient (Wildman–Crippen LogP) is -0.392. The Morgan fingerprint density at radius 2 is 1.50 bits per heavy atom. The smallest absolute Gasteiger partial charge is 0.197 e. The van der Waals surface area contributed by atoms with E-state index in [1.165, 1.54) is 0 Å². The van der Waals surface area contributed by atoms with E-state index in [1.807, 2.05) is 57.1 Å². The molecule has 80 valence electrons. The summed E-state index contributed by atoms with van der Waals surface area (Å²) < 4.78 is 0. The molecule has 1 aromatic rings. The van der Waals surface area contributed by atoms with Crippen LogP contribution in [0, 0.1) is 0 Å². The van der Waals surface area contributed by atoms with Crippen molar-refractivity contribution in [2.75, 3.05) is 57.1 Å². The number of rotatable bonds is 3. The molecule has 0 unspecified atom stereocenters. The zero-order chi connectivity index (χ0) is 10.9. The standard InChI is InChI=1S/C8H18N6/c1-11(2)7-8(12(3)4)14(10-9-7)13(5)6/h1-6H3. The summed E-state index contributed by atoms with van der Waals surface area (Å²) in [5.74, 6) is 1.84. The topological polar surface area (TPSA) is 40.4 Å². The van der Waals surface area contributed by atoms with Crippen molar-refractivity contribution in [1.82, 2.24) is 15.1 Å². The van der Waals surface area contributed by atoms with Gasteiger partial charge in [-0.2, -0.15) is 0 Å². The Balaban J connectivity index is 3.20. The molecule has 0 atom stereocenters. The van der Waals surface area contributed by atoms with Crippen LogP contribution >= 0.6 is 0 Å². The minimum atomic E-state index is 0.865. The third-order valence-corrected chi connectivity index (χ3v) is 1.84. The number of hydrogen-bond donors (Lipinski definition) is 0. The van der Waals surface area contributed by atoms with E-state index >= 15 is 0 Å². The SMILES string of the molecule is CN(C)c1nnn(N(C)C)c1N(C)C. The van der Waals surface area contributed by atoms with Gasteiger partial charge in [0.25, 0.3) is 0 Å². The van der Waals surface area contributed by atoms with E-state index in [2.05, 4.69) is 10.3 Å². The molecule has 0 aromatic carbocycles. The maximum absolute atomic E-state index is 4.11. The molecule has 1 aromatic heterocycles. The predicted molar refractivity (Wildman–Crippen MR) is 58.7 cm³/mol. The Morgan fingerprint density at radius 1 is 0.929 bits per heavy atom. The van der Waals surface area contributed by atoms with E-state index < -0.39 is 0 Å². The van der Waals surface area contributed by atoms with Gasteiger partial charge < -0.3 is 9.80 Å². The summed E-state index contributed by atoms with van der Waals surface area (Å²) in [6.45, 7) is 0. The maximum Gasteiger partial charge on any atom is 0.197 e. The first kappa shape index (κ1) is 10.6. The molecule has 6 nitrogen and oxygen atoms in total. The summed E-state index contributed by atoms with van der Waals surface area (Å²) in [5, 5.41) is 10.1. The van der Waals surface area contributed by atoms with Crippen molar-refractivity contribution in [2.24, 2.45) is 0 Å². The largest absolute Gasteiger partial charge is 0.358 e. The van der Waals surface area contributed by atoms with Gasteiger partial charge in [-0.1, -0.05) is 0 Å². The highest BCUT2D eigenvalue weighted by atomic mass is 15.7. The van der Waals surface area contributed by atoms with Gasteiger partial charge in [0.1, 0.15) is 0 Å². The van der Waals surface area contributed by atoms with Crippen LogP contribution in [0.15, 0.2) is 0 Å². The Morgan fingerprint density at radius 3 is 1.86 bits per heavy atom. The lowest BCUT2D eigenvalue weighted by Crippen LogP contribution is -2.30. The fourth-order valence-corrected chi connectivity index (χ4v) is 1.20. The summed E-state index contributed by atoms with van der Waals surface area (Å²) in [7, 11) is 11.7. The van der Waals surface area contributed by atoms with Gasteiger partial charge in [0.2, 0.25) is 0 Å². The number of nitrogens with zero attached hydrogens (tertiary/aromatic N) is 6. The van der Waals surface area contributed by atoms with Crippen LogP contribution in [-0.2, 0) is 0 Å². The van der Waals surface area contributed by atoms with Crippen LogP contribution in [0.4, 0.5) is 11.6 Å². The van der Waals surface area contributed by atoms with E-state index in [0.717, 1.165) is 11.6 Å². The molecule has 14 heavy (non-hydrogen) atoms. The number of anilines is 2. The third kappa shape index (κ3) is 1.73. The van der Waals surface area contributed by atoms with E-state index in [0.29, 0.717) is 0 Å². The van der Waals surface area contributed by atoms with Crippen molar-refractivity contribution < 1.29 is 0 Å². The quantitative estimate of drug-likeness (QED) is 0.661. The fraction of sp³-hybridized carbons (Fsp3) is 0.750. The van der Waals surface area contributed by atoms with E-state index in [4.69, 9.17) is 0 Å². The van der Waals surface area contributed by atoms with Gasteiger partial charge in [0.15, 0.2) is 11.6 Å². The highest BCUT2D eigenvalue weighted by Gasteiger charge is 2.17. The molecule has 0 aliphatic rings. The summed E-state index contributed by atoms with van der Waals surface area (Å²) in [6, 6.07) is 0. The van der Waals surface area contributed by atoms with Gasteiger partial charge >= 0.3 is 0 Å². The lowest BCUT2D eigenvalue weighted by atomic mass is 10.5. The van der Waals surface area contributed by atoms with E-state index in [1.54, 1.807) is 4.79 Å². The lowest BCUT2D eigenvalue weighted by molar-refractivity contribution is 0.607. The second-order valence-corrected chi connectivity index (χ2v) is 3.76. The van der Waals surface area contributed by atoms with Gasteiger partial charge in [0, 0.05) is 42.3 Å². The average molecular weight is 198 g/mol. The normalized spacial score (nSPS) is 10.1. The second-order valence-electron chi connectivity index (χ2n) is 3.76. The first-order valence-electron chi connectivity index (χ1n) is 4.43. The average Bonchev–Trinajstić information content (AvgIpc) is 2.46. The minimum absolute atomic E-state index is 0.865. The van der Waals surface area contributed by atoms with Crippen LogP contribution in [0.25, 0.3) is 0 Å². The molecule has 0 amide bonds. The zero-order valence-electron chi connectivity index (χ0n) is 9.68. The Hall–Kier alpha value is -1.46. The molecule has 0 saturated heterocycles. The molecule has 0 saturated carbocycles. The molecule has 6 heteroatoms. The maximum atomic E-state index is 4.11. The fourth-order valence-electron chi connectivity index (χ4n) is 1.20. The number of aromatic nitrogens is 3. The number of hydrogen-bond acceptors (Lipinski definition) is 5. The van der Waals surface area contributed by atoms with Gasteiger partial charge in [-0.05, 0) is 5.21 Å². The van der Waals surface area contributed by atoms with Crippen LogP contribution in [0.1, 0.15) is 0 Å². The molecule has 1 rings (SSSR count). The Labute approximate surface area is 84.7 Å². The molecule has 1 heterocycles. The molecule has 0 aliphatic heterocycles. The molecular formula is C8H18N6. The van der Waals surface area contributed by atoms with Crippen LogP contribution < -0.4 is 14.8 Å². The molecule has 0 radical (unpaired) electrons. The minimum Gasteiger partial charge on any atom is -0.358 e. The molecular weight excluding hydrogens is 180 g/mol. The molecule has 0 fully saturated rings. The highest BCUT2D eigenvalue weighted by molar-refractivity contribution is 5.61. The Kier molecular flexibility index (Phi) is 2.83. The van der Waals surface area contributed by atoms with Gasteiger partial charge in [-0.15, -0.1) is 9.89 Å². The Bertz CT molecular complexity index is 275. The highest BCUT2D eigenvalue weighted by Crippen LogP contribution is 2.22. The summed E-state index contributed by atoms with van der Waals surface area (Å²) >= 11 is 0. The molecule has 0 N–H and O–H groups in total. The van der Waals surface area contributed by atoms with Gasteiger partial charge in [-0.25, -0.2) is 0 Å². The van der Waals surface area contributed by atoms with E-state index in [-0.39, 0.29) is 0 Å². The summed E-state index contributed by atoms with van der Waals surface area (Å²) in [6.07, 6.45) is 0. The van der Waals surface area contributed by atoms with Crippen LogP contribution in [0.3, 0.4) is 0 Å². The first-order chi connectivity index (χ1) is 6.45. The molecule has 0 aliphatic carbocycles. The molecule has 0 spiro atoms. The van der Waals surface area contributed by atoms with Crippen LogP contribution in [0.2, 0.25) is 0 Å². The third-order valence-electron chi connectivity index (χ3n) is 1.84. The van der Waals surface area contributed by atoms with Crippen LogP contribution in [-0.4, -0.2) is 57.4 Å². The summed E-state index contributed by atoms with van der Waals surface area (Å²) in [4.78, 5) is 5.70. The van der Waals surface area contributed by atoms with Crippen molar-refractivity contribution in [3.05, 3.63) is 0 Å². The zero-order valence-corrected chi connectivity index (χ0v) is 9.68. The molecule has 0 bridgehead atoms. The van der Waals surface area contributed by atoms with Crippen molar-refractivity contribution in [3.63, 3.8) is 0 Å². The van der Waals surface area contributed by atoms with E-state index in [9.17, 15) is 0 Å². The van der Waals surface area contributed by atoms with Crippen molar-refractivity contribution in [2.45, 2.75) is 0 Å². The lowest BCUT2D eigenvalue weighted by Gasteiger charge is -2.21. The van der Waals surface area contributed by atoms with Crippen molar-refractivity contribution >= 4 is 11.6 Å². The van der Waals surface area contributed by atoms with Crippen molar-refractivity contribution in [1.29, 1.82) is 0 Å². The monoisotopic (exact) mass is 198 g/mol.